The minimum absolute atomic E-state index is 0.119. The molecule has 3 rings (SSSR count). The predicted octanol–water partition coefficient (Wildman–Crippen LogP) is 2.86. The molecule has 3 aromatic rings. The highest BCUT2D eigenvalue weighted by Crippen LogP contribution is 2.22. The number of hydrogen-bond donors (Lipinski definition) is 4. The molecule has 0 bridgehead atoms. The van der Waals surface area contributed by atoms with Gasteiger partial charge in [-0.1, -0.05) is 5.11 Å². The van der Waals surface area contributed by atoms with E-state index in [0.717, 1.165) is 28.7 Å². The molecular weight excluding hydrogens is 384 g/mol. The van der Waals surface area contributed by atoms with Crippen molar-refractivity contribution in [2.24, 2.45) is 24.3 Å². The minimum Gasteiger partial charge on any atom is -0.480 e. The monoisotopic (exact) mass is 409 g/mol. The van der Waals surface area contributed by atoms with Gasteiger partial charge in [0.05, 0.1) is 32.2 Å². The Kier molecular flexibility index (Phi) is 6.73. The van der Waals surface area contributed by atoms with Crippen LogP contribution in [0.1, 0.15) is 0 Å². The van der Waals surface area contributed by atoms with Gasteiger partial charge in [0.15, 0.2) is 0 Å². The zero-order valence-corrected chi connectivity index (χ0v) is 17.1. The van der Waals surface area contributed by atoms with Crippen LogP contribution in [0.4, 0.5) is 28.7 Å². The van der Waals surface area contributed by atoms with Crippen LogP contribution < -0.4 is 20.8 Å². The van der Waals surface area contributed by atoms with Gasteiger partial charge in [-0.3, -0.25) is 4.79 Å². The summed E-state index contributed by atoms with van der Waals surface area (Å²) in [5.74, 6) is -0.151. The highest BCUT2D eigenvalue weighted by molar-refractivity contribution is 5.69. The molecule has 0 fully saturated rings. The maximum absolute atomic E-state index is 10.6. The lowest BCUT2D eigenvalue weighted by Crippen LogP contribution is -2.41. The van der Waals surface area contributed by atoms with Crippen molar-refractivity contribution >= 4 is 34.7 Å². The molecule has 1 heterocycles. The molecule has 0 aliphatic heterocycles. The third-order valence-electron chi connectivity index (χ3n) is 4.20. The number of carboxylic acids is 1. The first-order chi connectivity index (χ1) is 14.4. The SMILES string of the molecule is CN(CC(=O)O)NNc1ccc(Nc2ccc(N=Nc3n(C)cc[n+]3C)cc2)cc1. The number of aryl methyl sites for hydroxylation is 2. The van der Waals surface area contributed by atoms with E-state index >= 15 is 0 Å². The van der Waals surface area contributed by atoms with E-state index in [-0.39, 0.29) is 6.54 Å². The Balaban J connectivity index is 1.54. The summed E-state index contributed by atoms with van der Waals surface area (Å²) in [6.07, 6.45) is 3.85. The molecule has 0 atom stereocenters. The van der Waals surface area contributed by atoms with E-state index in [9.17, 15) is 4.79 Å². The number of azo groups is 1. The standard InChI is InChI=1S/C20H24N8O2/c1-26-12-13-27(2)20(26)24-22-17-8-4-15(5-9-17)21-16-6-10-18(11-7-16)23-25-28(3)14-19(29)30/h4-13H,14H2,1-3H3,(H3,21,22,23,25,29,30)/p+1. The van der Waals surface area contributed by atoms with Crippen molar-refractivity contribution in [3.05, 3.63) is 60.9 Å². The third-order valence-corrected chi connectivity index (χ3v) is 4.20. The summed E-state index contributed by atoms with van der Waals surface area (Å²) in [7, 11) is 5.49. The summed E-state index contributed by atoms with van der Waals surface area (Å²) in [5, 5.41) is 22.1. The van der Waals surface area contributed by atoms with Gasteiger partial charge < -0.3 is 15.8 Å². The van der Waals surface area contributed by atoms with Gasteiger partial charge >= 0.3 is 11.9 Å². The quantitative estimate of drug-likeness (QED) is 0.246. The van der Waals surface area contributed by atoms with E-state index in [4.69, 9.17) is 5.11 Å². The lowest BCUT2D eigenvalue weighted by molar-refractivity contribution is -0.657. The highest BCUT2D eigenvalue weighted by atomic mass is 16.4. The number of rotatable bonds is 9. The minimum atomic E-state index is -0.909. The number of nitrogens with one attached hydrogen (secondary N) is 3. The van der Waals surface area contributed by atoms with Crippen LogP contribution in [0.5, 0.6) is 0 Å². The van der Waals surface area contributed by atoms with Gasteiger partial charge in [0, 0.05) is 23.5 Å². The molecule has 30 heavy (non-hydrogen) atoms. The first kappa shape index (κ1) is 21.0. The van der Waals surface area contributed by atoms with Crippen LogP contribution in [0.25, 0.3) is 0 Å². The smallest absolute Gasteiger partial charge is 0.421 e. The molecule has 0 saturated heterocycles. The Hall–Kier alpha value is -3.76. The summed E-state index contributed by atoms with van der Waals surface area (Å²) in [5.41, 5.74) is 9.15. The van der Waals surface area contributed by atoms with E-state index in [1.165, 1.54) is 5.01 Å². The van der Waals surface area contributed by atoms with Crippen molar-refractivity contribution in [2.75, 3.05) is 24.3 Å². The molecule has 10 nitrogen and oxygen atoms in total. The van der Waals surface area contributed by atoms with Crippen molar-refractivity contribution in [2.45, 2.75) is 0 Å². The van der Waals surface area contributed by atoms with Crippen LogP contribution in [-0.2, 0) is 18.9 Å². The van der Waals surface area contributed by atoms with Gasteiger partial charge in [-0.05, 0) is 48.5 Å². The zero-order valence-electron chi connectivity index (χ0n) is 17.1. The Morgan fingerprint density at radius 3 is 2.23 bits per heavy atom. The Morgan fingerprint density at radius 2 is 1.67 bits per heavy atom. The summed E-state index contributed by atoms with van der Waals surface area (Å²) < 4.78 is 3.80. The van der Waals surface area contributed by atoms with Gasteiger partial charge in [0.25, 0.3) is 0 Å². The predicted molar refractivity (Wildman–Crippen MR) is 114 cm³/mol. The normalized spacial score (nSPS) is 11.2. The fourth-order valence-electron chi connectivity index (χ4n) is 2.64. The van der Waals surface area contributed by atoms with Gasteiger partial charge in [0.2, 0.25) is 0 Å². The van der Waals surface area contributed by atoms with Crippen LogP contribution in [-0.4, -0.2) is 34.2 Å². The average molecular weight is 409 g/mol. The number of aliphatic carboxylic acids is 1. The maximum Gasteiger partial charge on any atom is 0.421 e. The van der Waals surface area contributed by atoms with Crippen molar-refractivity contribution < 1.29 is 14.5 Å². The number of carbonyl (C=O) groups is 1. The van der Waals surface area contributed by atoms with Crippen LogP contribution in [0.2, 0.25) is 0 Å². The Bertz CT molecular complexity index is 993. The number of nitrogens with zero attached hydrogens (tertiary/aromatic N) is 5. The van der Waals surface area contributed by atoms with Crippen molar-refractivity contribution in [1.82, 2.24) is 15.1 Å². The molecule has 0 radical (unpaired) electrons. The number of anilines is 3. The van der Waals surface area contributed by atoms with Crippen LogP contribution >= 0.6 is 0 Å². The fraction of sp³-hybridized carbons (Fsp3) is 0.200. The summed E-state index contributed by atoms with van der Waals surface area (Å²) in [4.78, 5) is 10.6. The highest BCUT2D eigenvalue weighted by Gasteiger charge is 2.10. The lowest BCUT2D eigenvalue weighted by Gasteiger charge is -2.17. The van der Waals surface area contributed by atoms with E-state index < -0.39 is 5.97 Å². The number of carboxylic acid groups (broad SMARTS) is 1. The second kappa shape index (κ2) is 9.63. The molecule has 2 aromatic carbocycles. The zero-order chi connectivity index (χ0) is 21.5. The number of hydrazine groups is 2. The first-order valence-electron chi connectivity index (χ1n) is 9.25. The summed E-state index contributed by atoms with van der Waals surface area (Å²) in [6.45, 7) is -0.119. The van der Waals surface area contributed by atoms with Gasteiger partial charge in [-0.25, -0.2) is 14.1 Å². The van der Waals surface area contributed by atoms with E-state index in [1.807, 2.05) is 84.2 Å². The van der Waals surface area contributed by atoms with Crippen LogP contribution in [0.3, 0.4) is 0 Å². The molecule has 0 saturated carbocycles. The summed E-state index contributed by atoms with van der Waals surface area (Å²) in [6, 6.07) is 15.3. The topological polar surface area (TPSA) is 110 Å². The molecule has 0 amide bonds. The molecule has 0 aliphatic carbocycles. The van der Waals surface area contributed by atoms with E-state index in [0.29, 0.717) is 0 Å². The van der Waals surface area contributed by atoms with E-state index in [2.05, 4.69) is 26.5 Å². The van der Waals surface area contributed by atoms with Crippen LogP contribution in [0.15, 0.2) is 71.2 Å². The molecular formula is C20H25N8O2+. The summed E-state index contributed by atoms with van der Waals surface area (Å²) >= 11 is 0. The molecule has 0 unspecified atom stereocenters. The first-order valence-corrected chi connectivity index (χ1v) is 9.25. The molecule has 1 aromatic heterocycles. The molecule has 0 aliphatic rings. The van der Waals surface area contributed by atoms with Gasteiger partial charge in [-0.15, -0.1) is 0 Å². The Morgan fingerprint density at radius 1 is 1.07 bits per heavy atom. The van der Waals surface area contributed by atoms with E-state index in [1.54, 1.807) is 7.05 Å². The van der Waals surface area contributed by atoms with Crippen LogP contribution in [0, 0.1) is 0 Å². The van der Waals surface area contributed by atoms with Gasteiger partial charge in [0.1, 0.15) is 12.2 Å². The fourth-order valence-corrected chi connectivity index (χ4v) is 2.64. The molecule has 156 valence electrons. The second-order valence-corrected chi connectivity index (χ2v) is 6.76. The number of likely N-dealkylation sites (N-methyl/N-ethyl adjacent to an activating group) is 1. The van der Waals surface area contributed by atoms with Crippen molar-refractivity contribution in [1.29, 1.82) is 0 Å². The Labute approximate surface area is 174 Å². The number of benzene rings is 2. The van der Waals surface area contributed by atoms with Crippen molar-refractivity contribution in [3.63, 3.8) is 0 Å². The molecule has 4 N–H and O–H groups in total. The third kappa shape index (κ3) is 5.87. The second-order valence-electron chi connectivity index (χ2n) is 6.76. The largest absolute Gasteiger partial charge is 0.480 e. The number of imidazole rings is 1. The number of hydrogen-bond acceptors (Lipinski definition) is 7. The maximum atomic E-state index is 10.6. The van der Waals surface area contributed by atoms with Gasteiger partial charge in [-0.2, -0.15) is 5.53 Å². The lowest BCUT2D eigenvalue weighted by atomic mass is 10.2. The molecule has 0 spiro atoms. The average Bonchev–Trinajstić information content (AvgIpc) is 3.04. The number of aromatic nitrogens is 2. The molecule has 10 heteroatoms. The van der Waals surface area contributed by atoms with Crippen molar-refractivity contribution in [3.8, 4) is 0 Å².